The van der Waals surface area contributed by atoms with E-state index in [4.69, 9.17) is 22.4 Å². The smallest absolute Gasteiger partial charge is 0.0488 e. The number of nitrogens with two attached hydrogens (primary N) is 1. The number of nitrogens with zero attached hydrogens (tertiary/aromatic N) is 1. The highest BCUT2D eigenvalue weighted by Gasteiger charge is 2.31. The van der Waals surface area contributed by atoms with Crippen molar-refractivity contribution in [1.82, 2.24) is 4.90 Å². The van der Waals surface area contributed by atoms with Crippen molar-refractivity contribution < 1.29 is 5.11 Å². The average Bonchev–Trinajstić information content (AvgIpc) is 2.36. The summed E-state index contributed by atoms with van der Waals surface area (Å²) < 4.78 is 0. The molecule has 0 bridgehead atoms. The predicted molar refractivity (Wildman–Crippen MR) is 79.3 cm³/mol. The molecule has 1 aliphatic carbocycles. The van der Waals surface area contributed by atoms with Crippen molar-refractivity contribution in [1.29, 1.82) is 0 Å². The molecule has 0 aromatic heterocycles. The molecule has 19 heavy (non-hydrogen) atoms. The van der Waals surface area contributed by atoms with Crippen LogP contribution >= 0.6 is 11.6 Å². The molecule has 0 saturated heterocycles. The van der Waals surface area contributed by atoms with E-state index in [1.165, 1.54) is 19.3 Å². The van der Waals surface area contributed by atoms with Gasteiger partial charge in [0.2, 0.25) is 0 Å². The van der Waals surface area contributed by atoms with Crippen molar-refractivity contribution >= 4 is 11.6 Å². The van der Waals surface area contributed by atoms with E-state index in [9.17, 15) is 0 Å². The summed E-state index contributed by atoms with van der Waals surface area (Å²) in [4.78, 5) is 2.43. The fourth-order valence-corrected chi connectivity index (χ4v) is 3.01. The Morgan fingerprint density at radius 1 is 1.37 bits per heavy atom. The Morgan fingerprint density at radius 2 is 2.11 bits per heavy atom. The Hall–Kier alpha value is -0.610. The molecule has 0 amide bonds. The maximum atomic E-state index is 9.08. The van der Waals surface area contributed by atoms with Gasteiger partial charge in [0.1, 0.15) is 0 Å². The molecule has 1 unspecified atom stereocenters. The SMILES string of the molecule is NCC(c1ccccc1Cl)N(CCCO)C1CCC1. The molecular weight excluding hydrogens is 260 g/mol. The van der Waals surface area contributed by atoms with Gasteiger partial charge in [0.15, 0.2) is 0 Å². The van der Waals surface area contributed by atoms with Crippen LogP contribution in [0.4, 0.5) is 0 Å². The van der Waals surface area contributed by atoms with Gasteiger partial charge in [0.25, 0.3) is 0 Å². The maximum absolute atomic E-state index is 9.08. The molecule has 1 aromatic carbocycles. The van der Waals surface area contributed by atoms with Crippen LogP contribution in [0.25, 0.3) is 0 Å². The Balaban J connectivity index is 2.18. The van der Waals surface area contributed by atoms with Gasteiger partial charge in [0.05, 0.1) is 0 Å². The number of benzene rings is 1. The monoisotopic (exact) mass is 282 g/mol. The van der Waals surface area contributed by atoms with Gasteiger partial charge in [-0.3, -0.25) is 4.90 Å². The van der Waals surface area contributed by atoms with Gasteiger partial charge in [-0.1, -0.05) is 36.2 Å². The van der Waals surface area contributed by atoms with E-state index in [1.807, 2.05) is 18.2 Å². The molecule has 0 radical (unpaired) electrons. The third-order valence-corrected chi connectivity index (χ3v) is 4.35. The first kappa shape index (κ1) is 14.8. The van der Waals surface area contributed by atoms with Crippen LogP contribution in [-0.2, 0) is 0 Å². The van der Waals surface area contributed by atoms with Gasteiger partial charge in [0, 0.05) is 36.8 Å². The highest BCUT2D eigenvalue weighted by molar-refractivity contribution is 6.31. The summed E-state index contributed by atoms with van der Waals surface area (Å²) in [5, 5.41) is 9.87. The highest BCUT2D eigenvalue weighted by atomic mass is 35.5. The number of aliphatic hydroxyl groups is 1. The third kappa shape index (κ3) is 3.48. The zero-order chi connectivity index (χ0) is 13.7. The van der Waals surface area contributed by atoms with E-state index < -0.39 is 0 Å². The fraction of sp³-hybridized carbons (Fsp3) is 0.600. The number of aliphatic hydroxyl groups excluding tert-OH is 1. The van der Waals surface area contributed by atoms with Crippen molar-refractivity contribution in [2.75, 3.05) is 19.7 Å². The molecule has 0 spiro atoms. The lowest BCUT2D eigenvalue weighted by Crippen LogP contribution is -2.45. The van der Waals surface area contributed by atoms with Crippen LogP contribution in [0, 0.1) is 0 Å². The lowest BCUT2D eigenvalue weighted by atomic mass is 9.89. The molecule has 1 saturated carbocycles. The first-order chi connectivity index (χ1) is 9.27. The normalized spacial score (nSPS) is 17.5. The molecular formula is C15H23ClN2O. The Morgan fingerprint density at radius 3 is 2.63 bits per heavy atom. The topological polar surface area (TPSA) is 49.5 Å². The largest absolute Gasteiger partial charge is 0.396 e. The maximum Gasteiger partial charge on any atom is 0.0488 e. The zero-order valence-electron chi connectivity index (χ0n) is 11.3. The van der Waals surface area contributed by atoms with Crippen LogP contribution < -0.4 is 5.73 Å². The molecule has 1 aromatic rings. The summed E-state index contributed by atoms with van der Waals surface area (Å²) in [6, 6.07) is 8.69. The summed E-state index contributed by atoms with van der Waals surface area (Å²) in [5.41, 5.74) is 7.11. The second-order valence-corrected chi connectivity index (χ2v) is 5.58. The van der Waals surface area contributed by atoms with Gasteiger partial charge in [-0.05, 0) is 30.9 Å². The van der Waals surface area contributed by atoms with Gasteiger partial charge in [-0.15, -0.1) is 0 Å². The molecule has 1 aliphatic rings. The first-order valence-corrected chi connectivity index (χ1v) is 7.46. The summed E-state index contributed by atoms with van der Waals surface area (Å²) in [7, 11) is 0. The minimum atomic E-state index is 0.158. The highest BCUT2D eigenvalue weighted by Crippen LogP contribution is 2.34. The van der Waals surface area contributed by atoms with Gasteiger partial charge in [-0.25, -0.2) is 0 Å². The predicted octanol–water partition coefficient (Wildman–Crippen LogP) is 2.58. The number of hydrogen-bond acceptors (Lipinski definition) is 3. The van der Waals surface area contributed by atoms with E-state index in [0.717, 1.165) is 23.6 Å². The van der Waals surface area contributed by atoms with Crippen molar-refractivity contribution in [2.45, 2.75) is 37.8 Å². The van der Waals surface area contributed by atoms with Crippen LogP contribution in [0.2, 0.25) is 5.02 Å². The minimum Gasteiger partial charge on any atom is -0.396 e. The van der Waals surface area contributed by atoms with Crippen molar-refractivity contribution in [3.05, 3.63) is 34.9 Å². The Labute approximate surface area is 120 Å². The van der Waals surface area contributed by atoms with Crippen LogP contribution in [0.15, 0.2) is 24.3 Å². The summed E-state index contributed by atoms with van der Waals surface area (Å²) >= 11 is 6.31. The molecule has 3 nitrogen and oxygen atoms in total. The van der Waals surface area contributed by atoms with Crippen molar-refractivity contribution in [3.8, 4) is 0 Å². The summed E-state index contributed by atoms with van der Waals surface area (Å²) in [6.45, 7) is 1.67. The van der Waals surface area contributed by atoms with E-state index in [-0.39, 0.29) is 12.6 Å². The van der Waals surface area contributed by atoms with Crippen LogP contribution in [0.5, 0.6) is 0 Å². The van der Waals surface area contributed by atoms with Crippen molar-refractivity contribution in [3.63, 3.8) is 0 Å². The van der Waals surface area contributed by atoms with Crippen LogP contribution in [0.1, 0.15) is 37.3 Å². The number of halogens is 1. The molecule has 1 fully saturated rings. The third-order valence-electron chi connectivity index (χ3n) is 4.01. The molecule has 2 rings (SSSR count). The fourth-order valence-electron chi connectivity index (χ4n) is 2.75. The molecule has 106 valence electrons. The van der Waals surface area contributed by atoms with E-state index in [2.05, 4.69) is 11.0 Å². The molecule has 3 N–H and O–H groups in total. The molecule has 0 aliphatic heterocycles. The lowest BCUT2D eigenvalue weighted by Gasteiger charge is -2.42. The van der Waals surface area contributed by atoms with Gasteiger partial charge < -0.3 is 10.8 Å². The number of hydrogen-bond donors (Lipinski definition) is 2. The van der Waals surface area contributed by atoms with Gasteiger partial charge in [-0.2, -0.15) is 0 Å². The standard InChI is InChI=1S/C15H23ClN2O/c16-14-8-2-1-7-13(14)15(11-17)18(9-4-10-19)12-5-3-6-12/h1-2,7-8,12,15,19H,3-6,9-11,17H2. The molecule has 4 heteroatoms. The summed E-state index contributed by atoms with van der Waals surface area (Å²) in [6.07, 6.45) is 4.54. The average molecular weight is 283 g/mol. The second-order valence-electron chi connectivity index (χ2n) is 5.17. The second kappa shape index (κ2) is 7.25. The van der Waals surface area contributed by atoms with E-state index >= 15 is 0 Å². The lowest BCUT2D eigenvalue weighted by molar-refractivity contribution is 0.0743. The van der Waals surface area contributed by atoms with Crippen molar-refractivity contribution in [2.24, 2.45) is 5.73 Å². The van der Waals surface area contributed by atoms with Gasteiger partial charge >= 0.3 is 0 Å². The van der Waals surface area contributed by atoms with E-state index in [1.54, 1.807) is 0 Å². The Bertz CT molecular complexity index is 395. The first-order valence-electron chi connectivity index (χ1n) is 7.09. The summed E-state index contributed by atoms with van der Waals surface area (Å²) in [5.74, 6) is 0. The van der Waals surface area contributed by atoms with Crippen LogP contribution in [-0.4, -0.2) is 35.7 Å². The Kier molecular flexibility index (Phi) is 5.64. The minimum absolute atomic E-state index is 0.158. The van der Waals surface area contributed by atoms with Crippen LogP contribution in [0.3, 0.4) is 0 Å². The quantitative estimate of drug-likeness (QED) is 0.808. The number of rotatable bonds is 7. The molecule has 0 heterocycles. The van der Waals surface area contributed by atoms with E-state index in [0.29, 0.717) is 12.6 Å². The zero-order valence-corrected chi connectivity index (χ0v) is 12.0. The molecule has 1 atom stereocenters.